The number of nitrogens with zero attached hydrogens (tertiary/aromatic N) is 3. The van der Waals surface area contributed by atoms with Crippen molar-refractivity contribution in [3.8, 4) is 0 Å². The van der Waals surface area contributed by atoms with Crippen molar-refractivity contribution < 1.29 is 33.9 Å². The SMILES string of the molecule is O=C[C@H](CC(=O)O)NC(=O)[C@@H]1CCCN2C(=O)CC[C@H](NC(=O)Cc3ccc4cccnc4c3)C(=O)N12. The van der Waals surface area contributed by atoms with E-state index in [9.17, 15) is 28.8 Å². The molecule has 0 bridgehead atoms. The Kier molecular flexibility index (Phi) is 7.75. The number of benzene rings is 1. The molecule has 0 spiro atoms. The maximum atomic E-state index is 13.5. The molecule has 2 fully saturated rings. The van der Waals surface area contributed by atoms with Gasteiger partial charge in [-0.25, -0.2) is 5.01 Å². The third-order valence-electron chi connectivity index (χ3n) is 6.42. The van der Waals surface area contributed by atoms with Gasteiger partial charge in [0.15, 0.2) is 0 Å². The number of rotatable bonds is 8. The summed E-state index contributed by atoms with van der Waals surface area (Å²) >= 11 is 0. The summed E-state index contributed by atoms with van der Waals surface area (Å²) in [5, 5.41) is 17.2. The molecule has 1 aromatic heterocycles. The van der Waals surface area contributed by atoms with Gasteiger partial charge >= 0.3 is 5.97 Å². The monoisotopic (exact) mass is 509 g/mol. The van der Waals surface area contributed by atoms with E-state index < -0.39 is 48.2 Å². The fraction of sp³-hybridized carbons (Fsp3) is 0.400. The van der Waals surface area contributed by atoms with E-state index in [-0.39, 0.29) is 38.1 Å². The van der Waals surface area contributed by atoms with Gasteiger partial charge in [-0.1, -0.05) is 18.2 Å². The minimum Gasteiger partial charge on any atom is -0.481 e. The zero-order valence-electron chi connectivity index (χ0n) is 20.0. The normalized spacial score (nSPS) is 20.5. The van der Waals surface area contributed by atoms with Gasteiger partial charge in [-0.05, 0) is 37.0 Å². The molecule has 0 unspecified atom stereocenters. The maximum Gasteiger partial charge on any atom is 0.305 e. The summed E-state index contributed by atoms with van der Waals surface area (Å²) in [7, 11) is 0. The number of hydrogen-bond acceptors (Lipinski definition) is 7. The number of carboxylic acids is 1. The van der Waals surface area contributed by atoms with E-state index in [0.29, 0.717) is 18.3 Å². The summed E-state index contributed by atoms with van der Waals surface area (Å²) in [4.78, 5) is 78.6. The summed E-state index contributed by atoms with van der Waals surface area (Å²) in [6.45, 7) is 0.228. The number of aromatic nitrogens is 1. The number of carbonyl (C=O) groups excluding carboxylic acids is 5. The number of pyridine rings is 1. The number of aliphatic carboxylic acids is 1. The summed E-state index contributed by atoms with van der Waals surface area (Å²) in [5.41, 5.74) is 1.44. The first-order valence-corrected chi connectivity index (χ1v) is 12.0. The number of nitrogens with one attached hydrogen (secondary N) is 2. The summed E-state index contributed by atoms with van der Waals surface area (Å²) in [6.07, 6.45) is 2.07. The van der Waals surface area contributed by atoms with Crippen molar-refractivity contribution in [1.82, 2.24) is 25.6 Å². The lowest BCUT2D eigenvalue weighted by atomic mass is 10.0. The van der Waals surface area contributed by atoms with E-state index in [0.717, 1.165) is 15.9 Å². The molecule has 37 heavy (non-hydrogen) atoms. The van der Waals surface area contributed by atoms with Crippen LogP contribution >= 0.6 is 0 Å². The van der Waals surface area contributed by atoms with Crippen molar-refractivity contribution in [3.63, 3.8) is 0 Å². The highest BCUT2D eigenvalue weighted by atomic mass is 16.4. The van der Waals surface area contributed by atoms with E-state index in [1.807, 2.05) is 18.2 Å². The molecule has 12 nitrogen and oxygen atoms in total. The van der Waals surface area contributed by atoms with Crippen molar-refractivity contribution in [2.45, 2.75) is 56.7 Å². The van der Waals surface area contributed by atoms with Crippen LogP contribution in [0.5, 0.6) is 0 Å². The highest BCUT2D eigenvalue weighted by Crippen LogP contribution is 2.25. The molecule has 1 aromatic carbocycles. The minimum atomic E-state index is -1.27. The van der Waals surface area contributed by atoms with Crippen molar-refractivity contribution in [2.75, 3.05) is 6.54 Å². The van der Waals surface area contributed by atoms with E-state index in [1.165, 1.54) is 5.01 Å². The number of hydrazine groups is 1. The van der Waals surface area contributed by atoms with Crippen LogP contribution in [0.3, 0.4) is 0 Å². The summed E-state index contributed by atoms with van der Waals surface area (Å²) in [5.74, 6) is -3.40. The number of amides is 4. The Morgan fingerprint density at radius 3 is 2.76 bits per heavy atom. The van der Waals surface area contributed by atoms with Gasteiger partial charge in [0.25, 0.3) is 5.91 Å². The highest BCUT2D eigenvalue weighted by Gasteiger charge is 2.44. The molecule has 4 rings (SSSR count). The average molecular weight is 510 g/mol. The molecule has 0 saturated carbocycles. The van der Waals surface area contributed by atoms with E-state index in [2.05, 4.69) is 15.6 Å². The average Bonchev–Trinajstić information content (AvgIpc) is 3.00. The predicted molar refractivity (Wildman–Crippen MR) is 128 cm³/mol. The lowest BCUT2D eigenvalue weighted by molar-refractivity contribution is -0.176. The first-order chi connectivity index (χ1) is 17.8. The second-order valence-electron chi connectivity index (χ2n) is 9.07. The smallest absolute Gasteiger partial charge is 0.305 e. The highest BCUT2D eigenvalue weighted by molar-refractivity contribution is 5.96. The Labute approximate surface area is 212 Å². The second kappa shape index (κ2) is 11.1. The van der Waals surface area contributed by atoms with Crippen LogP contribution in [0.2, 0.25) is 0 Å². The van der Waals surface area contributed by atoms with Crippen LogP contribution in [0.15, 0.2) is 36.5 Å². The Hall–Kier alpha value is -4.35. The molecule has 2 aliphatic rings. The van der Waals surface area contributed by atoms with Crippen LogP contribution in [0.25, 0.3) is 10.9 Å². The van der Waals surface area contributed by atoms with Crippen molar-refractivity contribution in [2.24, 2.45) is 0 Å². The van der Waals surface area contributed by atoms with Gasteiger partial charge in [0.05, 0.1) is 24.4 Å². The van der Waals surface area contributed by atoms with Gasteiger partial charge < -0.3 is 20.5 Å². The predicted octanol–water partition coefficient (Wildman–Crippen LogP) is -0.0511. The number of aldehydes is 1. The first-order valence-electron chi connectivity index (χ1n) is 12.0. The standard InChI is InChI=1S/C25H27N5O7/c31-14-17(13-23(34)35)27-24(36)20-4-2-10-29-22(33)8-7-18(25(37)30(20)29)28-21(32)12-15-5-6-16-3-1-9-26-19(16)11-15/h1,3,5-6,9,11,14,17-18,20H,2,4,7-8,10,12-13H2,(H,27,36)(H,28,32)(H,34,35)/t17-,18-,20-/m0/s1. The lowest BCUT2D eigenvalue weighted by Gasteiger charge is -2.43. The molecule has 4 amide bonds. The topological polar surface area (TPSA) is 166 Å². The van der Waals surface area contributed by atoms with Crippen molar-refractivity contribution >= 4 is 46.8 Å². The molecule has 194 valence electrons. The van der Waals surface area contributed by atoms with Crippen LogP contribution in [0, 0.1) is 0 Å². The molecule has 3 atom stereocenters. The molecule has 0 aliphatic carbocycles. The lowest BCUT2D eigenvalue weighted by Crippen LogP contribution is -2.64. The quantitative estimate of drug-likeness (QED) is 0.417. The number of hydrogen-bond donors (Lipinski definition) is 3. The largest absolute Gasteiger partial charge is 0.481 e. The van der Waals surface area contributed by atoms with Gasteiger partial charge in [-0.15, -0.1) is 0 Å². The van der Waals surface area contributed by atoms with Crippen LogP contribution in [-0.2, 0) is 35.2 Å². The van der Waals surface area contributed by atoms with E-state index in [1.54, 1.807) is 18.3 Å². The molecule has 0 radical (unpaired) electrons. The van der Waals surface area contributed by atoms with Gasteiger partial charge in [0.2, 0.25) is 17.7 Å². The second-order valence-corrected chi connectivity index (χ2v) is 9.07. The number of carboxylic acid groups (broad SMARTS) is 1. The van der Waals surface area contributed by atoms with Crippen molar-refractivity contribution in [1.29, 1.82) is 0 Å². The van der Waals surface area contributed by atoms with Gasteiger partial charge in [-0.3, -0.25) is 34.0 Å². The first kappa shape index (κ1) is 25.7. The molecule has 3 heterocycles. The van der Waals surface area contributed by atoms with Crippen LogP contribution in [0.1, 0.15) is 37.7 Å². The number of carbonyl (C=O) groups is 6. The third kappa shape index (κ3) is 5.90. The Morgan fingerprint density at radius 2 is 2.00 bits per heavy atom. The summed E-state index contributed by atoms with van der Waals surface area (Å²) in [6, 6.07) is 5.74. The van der Waals surface area contributed by atoms with Crippen LogP contribution in [-0.4, -0.2) is 80.7 Å². The molecule has 2 aliphatic heterocycles. The molecule has 2 saturated heterocycles. The fourth-order valence-electron chi connectivity index (χ4n) is 4.66. The molecule has 3 N–H and O–H groups in total. The number of fused-ring (bicyclic) bond motifs is 2. The van der Waals surface area contributed by atoms with Gasteiger partial charge in [0.1, 0.15) is 18.4 Å². The third-order valence-corrected chi connectivity index (χ3v) is 6.42. The minimum absolute atomic E-state index is 0.00258. The molecular formula is C25H27N5O7. The Balaban J connectivity index is 1.48. The van der Waals surface area contributed by atoms with Gasteiger partial charge in [-0.2, -0.15) is 0 Å². The fourth-order valence-corrected chi connectivity index (χ4v) is 4.66. The molecule has 2 aromatic rings. The molecule has 12 heteroatoms. The Bertz CT molecular complexity index is 1250. The van der Waals surface area contributed by atoms with Gasteiger partial charge in [0, 0.05) is 24.5 Å². The van der Waals surface area contributed by atoms with Crippen LogP contribution < -0.4 is 10.6 Å². The van der Waals surface area contributed by atoms with E-state index >= 15 is 0 Å². The molecular weight excluding hydrogens is 482 g/mol. The van der Waals surface area contributed by atoms with Crippen molar-refractivity contribution in [3.05, 3.63) is 42.1 Å². The Morgan fingerprint density at radius 1 is 1.19 bits per heavy atom. The van der Waals surface area contributed by atoms with Crippen LogP contribution in [0.4, 0.5) is 0 Å². The zero-order chi connectivity index (χ0) is 26.5. The maximum absolute atomic E-state index is 13.5. The summed E-state index contributed by atoms with van der Waals surface area (Å²) < 4.78 is 0. The zero-order valence-corrected chi connectivity index (χ0v) is 20.0. The van der Waals surface area contributed by atoms with E-state index in [4.69, 9.17) is 5.11 Å².